The maximum Gasteiger partial charge on any atom is 0.323 e. The van der Waals surface area contributed by atoms with Crippen LogP contribution >= 0.6 is 11.3 Å². The Morgan fingerprint density at radius 2 is 2.05 bits per heavy atom. The van der Waals surface area contributed by atoms with Gasteiger partial charge in [-0.15, -0.1) is 11.3 Å². The van der Waals surface area contributed by atoms with Crippen LogP contribution in [0, 0.1) is 0 Å². The van der Waals surface area contributed by atoms with Crippen LogP contribution in [0.2, 0.25) is 0 Å². The molecular weight excluding hydrogens is 286 g/mol. The lowest BCUT2D eigenvalue weighted by atomic mass is 10.2. The van der Waals surface area contributed by atoms with Crippen LogP contribution in [0.5, 0.6) is 6.01 Å². The van der Waals surface area contributed by atoms with Crippen LogP contribution in [0.3, 0.4) is 0 Å². The van der Waals surface area contributed by atoms with E-state index >= 15 is 0 Å². The summed E-state index contributed by atoms with van der Waals surface area (Å²) in [5.74, 6) is 0.493. The van der Waals surface area contributed by atoms with Gasteiger partial charge in [-0.1, -0.05) is 0 Å². The van der Waals surface area contributed by atoms with Crippen molar-refractivity contribution in [3.05, 3.63) is 29.6 Å². The first-order valence-electron chi connectivity index (χ1n) is 6.52. The number of rotatable bonds is 4. The van der Waals surface area contributed by atoms with E-state index in [9.17, 15) is 0 Å². The van der Waals surface area contributed by atoms with Gasteiger partial charge in [0.1, 0.15) is 0 Å². The average Bonchev–Trinajstić information content (AvgIpc) is 2.84. The lowest BCUT2D eigenvalue weighted by Crippen LogP contribution is -2.11. The molecule has 3 aromatic rings. The molecule has 0 atom stereocenters. The van der Waals surface area contributed by atoms with Crippen LogP contribution < -0.4 is 15.8 Å². The highest BCUT2D eigenvalue weighted by molar-refractivity contribution is 7.17. The Morgan fingerprint density at radius 3 is 2.86 bits per heavy atom. The van der Waals surface area contributed by atoms with E-state index in [0.717, 1.165) is 5.69 Å². The Morgan fingerprint density at radius 1 is 1.19 bits per heavy atom. The number of thiophene rings is 1. The molecule has 0 unspecified atom stereocenters. The van der Waals surface area contributed by atoms with Gasteiger partial charge in [-0.25, -0.2) is 0 Å². The van der Waals surface area contributed by atoms with Gasteiger partial charge >= 0.3 is 6.01 Å². The first-order valence-corrected chi connectivity index (χ1v) is 7.40. The van der Waals surface area contributed by atoms with Crippen molar-refractivity contribution in [3.8, 4) is 6.01 Å². The van der Waals surface area contributed by atoms with E-state index in [1.54, 1.807) is 11.3 Å². The van der Waals surface area contributed by atoms with Crippen molar-refractivity contribution in [3.63, 3.8) is 0 Å². The molecular formula is C14H15N5OS. The lowest BCUT2D eigenvalue weighted by Gasteiger charge is -2.10. The van der Waals surface area contributed by atoms with E-state index in [1.165, 1.54) is 10.1 Å². The fourth-order valence-electron chi connectivity index (χ4n) is 1.87. The maximum atomic E-state index is 5.68. The van der Waals surface area contributed by atoms with Crippen molar-refractivity contribution in [2.24, 2.45) is 0 Å². The Hall–Kier alpha value is -2.41. The summed E-state index contributed by atoms with van der Waals surface area (Å²) >= 11 is 1.71. The van der Waals surface area contributed by atoms with Gasteiger partial charge in [-0.2, -0.15) is 15.0 Å². The molecule has 2 heterocycles. The molecule has 0 spiro atoms. The predicted molar refractivity (Wildman–Crippen MR) is 85.1 cm³/mol. The van der Waals surface area contributed by atoms with Crippen LogP contribution in [0.1, 0.15) is 13.8 Å². The van der Waals surface area contributed by atoms with Gasteiger partial charge in [0.2, 0.25) is 11.9 Å². The highest BCUT2D eigenvalue weighted by Crippen LogP contribution is 2.25. The first kappa shape index (κ1) is 13.6. The molecule has 0 bridgehead atoms. The minimum Gasteiger partial charge on any atom is -0.461 e. The van der Waals surface area contributed by atoms with Crippen LogP contribution in [0.15, 0.2) is 29.6 Å². The number of fused-ring (bicyclic) bond motifs is 1. The van der Waals surface area contributed by atoms with Crippen molar-refractivity contribution in [2.45, 2.75) is 20.0 Å². The zero-order valence-electron chi connectivity index (χ0n) is 11.7. The largest absolute Gasteiger partial charge is 0.461 e. The molecule has 0 radical (unpaired) electrons. The summed E-state index contributed by atoms with van der Waals surface area (Å²) in [5, 5.41) is 6.35. The van der Waals surface area contributed by atoms with Crippen molar-refractivity contribution in [1.29, 1.82) is 0 Å². The van der Waals surface area contributed by atoms with E-state index in [4.69, 9.17) is 10.5 Å². The average molecular weight is 301 g/mol. The standard InChI is InChI=1S/C14H15N5OS/c1-8(2)20-14-18-12(15)17-13(19-14)16-10-3-4-11-9(7-10)5-6-21-11/h3-8H,1-2H3,(H3,15,16,17,18,19). The topological polar surface area (TPSA) is 86.0 Å². The van der Waals surface area contributed by atoms with E-state index in [2.05, 4.69) is 37.8 Å². The summed E-state index contributed by atoms with van der Waals surface area (Å²) in [6.45, 7) is 3.80. The maximum absolute atomic E-state index is 5.68. The number of benzene rings is 1. The zero-order valence-corrected chi connectivity index (χ0v) is 12.5. The predicted octanol–water partition coefficient (Wildman–Crippen LogP) is 3.20. The second kappa shape index (κ2) is 5.53. The highest BCUT2D eigenvalue weighted by Gasteiger charge is 2.08. The minimum absolute atomic E-state index is 0.0261. The van der Waals surface area contributed by atoms with Crippen LogP contribution in [-0.2, 0) is 0 Å². The molecule has 3 rings (SSSR count). The quantitative estimate of drug-likeness (QED) is 0.769. The number of hydrogen-bond acceptors (Lipinski definition) is 7. The second-order valence-electron chi connectivity index (χ2n) is 4.76. The van der Waals surface area contributed by atoms with Crippen molar-refractivity contribution < 1.29 is 4.74 Å². The van der Waals surface area contributed by atoms with E-state index in [0.29, 0.717) is 5.95 Å². The Balaban J connectivity index is 1.87. The van der Waals surface area contributed by atoms with Crippen molar-refractivity contribution in [1.82, 2.24) is 15.0 Å². The number of anilines is 3. The molecule has 1 aromatic carbocycles. The van der Waals surface area contributed by atoms with Gasteiger partial charge in [0.05, 0.1) is 6.10 Å². The van der Waals surface area contributed by atoms with E-state index in [-0.39, 0.29) is 18.1 Å². The fraction of sp³-hybridized carbons (Fsp3) is 0.214. The summed E-state index contributed by atoms with van der Waals surface area (Å²) in [6.07, 6.45) is -0.0261. The van der Waals surface area contributed by atoms with Crippen molar-refractivity contribution >= 4 is 39.0 Å². The number of nitrogens with two attached hydrogens (primary N) is 1. The summed E-state index contributed by atoms with van der Waals surface area (Å²) < 4.78 is 6.69. The van der Waals surface area contributed by atoms with Crippen LogP contribution in [0.4, 0.5) is 17.6 Å². The van der Waals surface area contributed by atoms with E-state index in [1.807, 2.05) is 26.0 Å². The molecule has 21 heavy (non-hydrogen) atoms. The molecule has 0 fully saturated rings. The fourth-order valence-corrected chi connectivity index (χ4v) is 2.64. The number of hydrogen-bond donors (Lipinski definition) is 2. The molecule has 0 amide bonds. The molecule has 0 saturated carbocycles. The number of nitrogens with zero attached hydrogens (tertiary/aromatic N) is 3. The molecule has 2 aromatic heterocycles. The van der Waals surface area contributed by atoms with Gasteiger partial charge in [-0.05, 0) is 48.9 Å². The molecule has 0 aliphatic heterocycles. The molecule has 108 valence electrons. The monoisotopic (exact) mass is 301 g/mol. The third kappa shape index (κ3) is 3.19. The smallest absolute Gasteiger partial charge is 0.323 e. The molecule has 7 heteroatoms. The van der Waals surface area contributed by atoms with Gasteiger partial charge in [-0.3, -0.25) is 0 Å². The summed E-state index contributed by atoms with van der Waals surface area (Å²) in [5.41, 5.74) is 6.57. The van der Waals surface area contributed by atoms with Gasteiger partial charge in [0.15, 0.2) is 0 Å². The number of nitrogen functional groups attached to an aromatic ring is 1. The minimum atomic E-state index is -0.0261. The molecule has 0 aliphatic rings. The molecule has 3 N–H and O–H groups in total. The van der Waals surface area contributed by atoms with Gasteiger partial charge in [0, 0.05) is 10.4 Å². The highest BCUT2D eigenvalue weighted by atomic mass is 32.1. The Bertz CT molecular complexity index is 771. The Kier molecular flexibility index (Phi) is 3.57. The van der Waals surface area contributed by atoms with Gasteiger partial charge in [0.25, 0.3) is 0 Å². The number of nitrogens with one attached hydrogen (secondary N) is 1. The summed E-state index contributed by atoms with van der Waals surface area (Å²) in [7, 11) is 0. The second-order valence-corrected chi connectivity index (χ2v) is 5.71. The third-order valence-corrected chi connectivity index (χ3v) is 3.58. The third-order valence-electron chi connectivity index (χ3n) is 2.68. The summed E-state index contributed by atoms with van der Waals surface area (Å²) in [6, 6.07) is 8.35. The SMILES string of the molecule is CC(C)Oc1nc(N)nc(Nc2ccc3sccc3c2)n1. The number of ether oxygens (including phenoxy) is 1. The summed E-state index contributed by atoms with van der Waals surface area (Å²) in [4.78, 5) is 12.2. The Labute approximate surface area is 126 Å². The first-order chi connectivity index (χ1) is 10.1. The zero-order chi connectivity index (χ0) is 14.8. The molecule has 6 nitrogen and oxygen atoms in total. The normalized spacial score (nSPS) is 11.0. The molecule has 0 saturated heterocycles. The van der Waals surface area contributed by atoms with Crippen LogP contribution in [-0.4, -0.2) is 21.1 Å². The van der Waals surface area contributed by atoms with E-state index < -0.39 is 0 Å². The molecule has 0 aliphatic carbocycles. The number of aromatic nitrogens is 3. The van der Waals surface area contributed by atoms with Crippen molar-refractivity contribution in [2.75, 3.05) is 11.1 Å². The lowest BCUT2D eigenvalue weighted by molar-refractivity contribution is 0.222. The van der Waals surface area contributed by atoms with Gasteiger partial charge < -0.3 is 15.8 Å². The van der Waals surface area contributed by atoms with Crippen LogP contribution in [0.25, 0.3) is 10.1 Å².